The normalized spacial score (nSPS) is 27.0. The van der Waals surface area contributed by atoms with Gasteiger partial charge in [0, 0.05) is 32.1 Å². The number of nitrogens with zero attached hydrogens (tertiary/aromatic N) is 2. The van der Waals surface area contributed by atoms with Crippen molar-refractivity contribution < 1.29 is 14.4 Å². The van der Waals surface area contributed by atoms with Crippen molar-refractivity contribution in [3.63, 3.8) is 0 Å². The number of imide groups is 1. The van der Waals surface area contributed by atoms with E-state index in [9.17, 15) is 14.4 Å². The summed E-state index contributed by atoms with van der Waals surface area (Å²) in [5.41, 5.74) is 4.99. The second-order valence-electron chi connectivity index (χ2n) is 6.55. The summed E-state index contributed by atoms with van der Waals surface area (Å²) in [5.74, 6) is -0.166. The number of nitrogens with two attached hydrogens (primary N) is 1. The Morgan fingerprint density at radius 2 is 2.00 bits per heavy atom. The lowest BCUT2D eigenvalue weighted by Gasteiger charge is -2.24. The van der Waals surface area contributed by atoms with Crippen molar-refractivity contribution in [2.24, 2.45) is 5.73 Å². The Balaban J connectivity index is 1.58. The first-order valence-electron chi connectivity index (χ1n) is 8.21. The monoisotopic (exact) mass is 308 g/mol. The van der Waals surface area contributed by atoms with Gasteiger partial charge in [-0.1, -0.05) is 12.8 Å². The molecule has 4 amide bonds. The van der Waals surface area contributed by atoms with Crippen LogP contribution in [0.2, 0.25) is 0 Å². The molecule has 1 saturated carbocycles. The molecule has 3 fully saturated rings. The maximum atomic E-state index is 12.5. The number of likely N-dealkylation sites (tertiary alicyclic amines) is 1. The maximum Gasteiger partial charge on any atom is 0.325 e. The summed E-state index contributed by atoms with van der Waals surface area (Å²) in [4.78, 5) is 39.9. The zero-order valence-electron chi connectivity index (χ0n) is 12.8. The lowest BCUT2D eigenvalue weighted by Crippen LogP contribution is -2.44. The lowest BCUT2D eigenvalue weighted by molar-refractivity contribution is -0.134. The van der Waals surface area contributed by atoms with Crippen molar-refractivity contribution in [1.29, 1.82) is 0 Å². The van der Waals surface area contributed by atoms with E-state index in [2.05, 4.69) is 5.32 Å². The molecule has 2 heterocycles. The van der Waals surface area contributed by atoms with Crippen LogP contribution in [0.5, 0.6) is 0 Å². The first-order chi connectivity index (χ1) is 10.6. The molecule has 1 aliphatic carbocycles. The average molecular weight is 308 g/mol. The van der Waals surface area contributed by atoms with Gasteiger partial charge >= 0.3 is 6.03 Å². The van der Waals surface area contributed by atoms with Crippen LogP contribution in [0.1, 0.15) is 44.9 Å². The summed E-state index contributed by atoms with van der Waals surface area (Å²) >= 11 is 0. The summed E-state index contributed by atoms with van der Waals surface area (Å²) in [5, 5.41) is 2.83. The van der Waals surface area contributed by atoms with Gasteiger partial charge in [-0.25, -0.2) is 4.79 Å². The van der Waals surface area contributed by atoms with Crippen LogP contribution in [-0.2, 0) is 9.59 Å². The molecule has 3 N–H and O–H groups in total. The van der Waals surface area contributed by atoms with Gasteiger partial charge in [0.2, 0.25) is 5.91 Å². The Kier molecular flexibility index (Phi) is 4.08. The Hall–Kier alpha value is -1.63. The quantitative estimate of drug-likeness (QED) is 0.725. The number of hydrogen-bond donors (Lipinski definition) is 2. The molecule has 2 saturated heterocycles. The van der Waals surface area contributed by atoms with E-state index in [-0.39, 0.29) is 36.9 Å². The van der Waals surface area contributed by atoms with Crippen LogP contribution in [0.3, 0.4) is 0 Å². The second kappa shape index (κ2) is 5.87. The number of carbonyl (C=O) groups is 3. The molecule has 0 radical (unpaired) electrons. The molecule has 7 heteroatoms. The van der Waals surface area contributed by atoms with Crippen LogP contribution >= 0.6 is 0 Å². The molecule has 1 atom stereocenters. The minimum atomic E-state index is -0.687. The van der Waals surface area contributed by atoms with Crippen LogP contribution < -0.4 is 11.1 Å². The summed E-state index contributed by atoms with van der Waals surface area (Å²) in [7, 11) is 0. The molecule has 1 spiro atoms. The van der Waals surface area contributed by atoms with E-state index < -0.39 is 5.54 Å². The van der Waals surface area contributed by atoms with Gasteiger partial charge < -0.3 is 16.0 Å². The topological polar surface area (TPSA) is 95.7 Å². The van der Waals surface area contributed by atoms with Crippen molar-refractivity contribution in [2.45, 2.75) is 56.5 Å². The molecular formula is C15H24N4O3. The van der Waals surface area contributed by atoms with Gasteiger partial charge in [-0.3, -0.25) is 14.5 Å². The summed E-state index contributed by atoms with van der Waals surface area (Å²) in [6.45, 7) is 1.36. The minimum absolute atomic E-state index is 0.0130. The standard InChI is InChI=1S/C15H24N4O3/c16-10-11-4-3-8-18(11)12(20)5-9-19-13(21)15(17-14(19)22)6-1-2-7-15/h11H,1-10,16H2,(H,17,22)/t11-/m1/s1. The molecule has 0 aromatic heterocycles. The average Bonchev–Trinajstić information content (AvgIpc) is 3.20. The first-order valence-corrected chi connectivity index (χ1v) is 8.21. The van der Waals surface area contributed by atoms with Crippen molar-refractivity contribution in [3.05, 3.63) is 0 Å². The highest BCUT2D eigenvalue weighted by atomic mass is 16.2. The van der Waals surface area contributed by atoms with E-state index in [1.54, 1.807) is 4.90 Å². The van der Waals surface area contributed by atoms with Gasteiger partial charge in [0.25, 0.3) is 5.91 Å². The molecule has 3 aliphatic rings. The zero-order chi connectivity index (χ0) is 15.7. The number of hydrogen-bond acceptors (Lipinski definition) is 4. The Morgan fingerprint density at radius 1 is 1.27 bits per heavy atom. The van der Waals surface area contributed by atoms with Gasteiger partial charge in [-0.15, -0.1) is 0 Å². The van der Waals surface area contributed by atoms with E-state index in [4.69, 9.17) is 5.73 Å². The molecule has 0 bridgehead atoms. The predicted molar refractivity (Wildman–Crippen MR) is 79.9 cm³/mol. The van der Waals surface area contributed by atoms with Gasteiger partial charge in [-0.2, -0.15) is 0 Å². The number of carbonyl (C=O) groups excluding carboxylic acids is 3. The Bertz CT molecular complexity index is 487. The van der Waals surface area contributed by atoms with Crippen LogP contribution in [-0.4, -0.2) is 58.9 Å². The Morgan fingerprint density at radius 3 is 2.68 bits per heavy atom. The van der Waals surface area contributed by atoms with Crippen LogP contribution in [0.4, 0.5) is 4.79 Å². The second-order valence-corrected chi connectivity index (χ2v) is 6.55. The van der Waals surface area contributed by atoms with Crippen LogP contribution in [0, 0.1) is 0 Å². The fraction of sp³-hybridized carbons (Fsp3) is 0.800. The fourth-order valence-electron chi connectivity index (χ4n) is 3.96. The third kappa shape index (κ3) is 2.47. The molecular weight excluding hydrogens is 284 g/mol. The van der Waals surface area contributed by atoms with Crippen molar-refractivity contribution in [3.8, 4) is 0 Å². The zero-order valence-corrected chi connectivity index (χ0v) is 12.8. The largest absolute Gasteiger partial charge is 0.338 e. The molecule has 0 aromatic carbocycles. The minimum Gasteiger partial charge on any atom is -0.338 e. The van der Waals surface area contributed by atoms with Crippen LogP contribution in [0.15, 0.2) is 0 Å². The van der Waals surface area contributed by atoms with Crippen molar-refractivity contribution in [1.82, 2.24) is 15.1 Å². The number of nitrogens with one attached hydrogen (secondary N) is 1. The summed E-state index contributed by atoms with van der Waals surface area (Å²) in [6, 6.07) is -0.242. The highest BCUT2D eigenvalue weighted by Crippen LogP contribution is 2.35. The Labute approximate surface area is 130 Å². The van der Waals surface area contributed by atoms with Crippen LogP contribution in [0.25, 0.3) is 0 Å². The smallest absolute Gasteiger partial charge is 0.325 e. The molecule has 22 heavy (non-hydrogen) atoms. The maximum absolute atomic E-state index is 12.5. The third-order valence-electron chi connectivity index (χ3n) is 5.22. The third-order valence-corrected chi connectivity index (χ3v) is 5.22. The highest BCUT2D eigenvalue weighted by molar-refractivity contribution is 6.07. The summed E-state index contributed by atoms with van der Waals surface area (Å²) < 4.78 is 0. The number of rotatable bonds is 4. The van der Waals surface area contributed by atoms with Gasteiger partial charge in [-0.05, 0) is 25.7 Å². The van der Waals surface area contributed by atoms with E-state index in [0.29, 0.717) is 19.4 Å². The van der Waals surface area contributed by atoms with Gasteiger partial charge in [0.1, 0.15) is 5.54 Å². The van der Waals surface area contributed by atoms with E-state index in [1.165, 1.54) is 4.90 Å². The van der Waals surface area contributed by atoms with Crippen molar-refractivity contribution >= 4 is 17.8 Å². The first kappa shape index (κ1) is 15.3. The summed E-state index contributed by atoms with van der Waals surface area (Å²) in [6.07, 6.45) is 5.45. The number of urea groups is 1. The van der Waals surface area contributed by atoms with E-state index >= 15 is 0 Å². The van der Waals surface area contributed by atoms with E-state index in [1.807, 2.05) is 0 Å². The SMILES string of the molecule is NC[C@H]1CCCN1C(=O)CCN1C(=O)NC2(CCCC2)C1=O. The van der Waals surface area contributed by atoms with E-state index in [0.717, 1.165) is 32.2 Å². The van der Waals surface area contributed by atoms with Gasteiger partial charge in [0.05, 0.1) is 0 Å². The molecule has 2 aliphatic heterocycles. The van der Waals surface area contributed by atoms with Crippen molar-refractivity contribution in [2.75, 3.05) is 19.6 Å². The lowest BCUT2D eigenvalue weighted by atomic mass is 9.98. The molecule has 7 nitrogen and oxygen atoms in total. The molecule has 0 unspecified atom stereocenters. The number of amides is 4. The van der Waals surface area contributed by atoms with Gasteiger partial charge in [0.15, 0.2) is 0 Å². The predicted octanol–water partition coefficient (Wildman–Crippen LogP) is 0.191. The fourth-order valence-corrected chi connectivity index (χ4v) is 3.96. The molecule has 122 valence electrons. The highest BCUT2D eigenvalue weighted by Gasteiger charge is 2.52. The molecule has 3 rings (SSSR count). The molecule has 0 aromatic rings.